The van der Waals surface area contributed by atoms with Crippen molar-refractivity contribution in [3.63, 3.8) is 0 Å². The van der Waals surface area contributed by atoms with Gasteiger partial charge in [0.25, 0.3) is 0 Å². The summed E-state index contributed by atoms with van der Waals surface area (Å²) in [4.78, 5) is 24.4. The molecule has 0 bridgehead atoms. The van der Waals surface area contributed by atoms with Crippen molar-refractivity contribution >= 4 is 17.5 Å². The Hall–Kier alpha value is -2.86. The molecule has 0 radical (unpaired) electrons. The number of aryl methyl sites for hydroxylation is 1. The summed E-state index contributed by atoms with van der Waals surface area (Å²) in [5.41, 5.74) is 6.07. The molecule has 188 valence electrons. The van der Waals surface area contributed by atoms with Crippen LogP contribution in [-0.2, 0) is 20.5 Å². The highest BCUT2D eigenvalue weighted by molar-refractivity contribution is 6.01. The molecule has 0 aliphatic carbocycles. The lowest BCUT2D eigenvalue weighted by molar-refractivity contribution is -0.154. The second kappa shape index (κ2) is 9.30. The molecule has 2 aromatic rings. The molecule has 6 heteroatoms. The molecule has 2 aromatic carbocycles. The van der Waals surface area contributed by atoms with Crippen molar-refractivity contribution in [3.05, 3.63) is 64.7 Å². The Kier molecular flexibility index (Phi) is 6.71. The number of nitrogens with one attached hydrogen (secondary N) is 1. The first-order valence-corrected chi connectivity index (χ1v) is 12.6. The van der Waals surface area contributed by atoms with Gasteiger partial charge >= 0.3 is 6.09 Å². The zero-order valence-electron chi connectivity index (χ0n) is 22.2. The van der Waals surface area contributed by atoms with Gasteiger partial charge in [0, 0.05) is 32.4 Å². The number of hydrogen-bond acceptors (Lipinski definition) is 5. The van der Waals surface area contributed by atoms with Crippen LogP contribution in [0, 0.1) is 6.92 Å². The smallest absolute Gasteiger partial charge is 0.388 e. The molecule has 0 atom stereocenters. The standard InChI is InChI=1S/C29H39N3O3/c1-20-9-8-10-23(28(5,6)7)25(20)30-26(33)34-32-17-15-29(16-18-32)19-24(31-35-29)21-11-13-22(14-12-21)27(2,3)4/h8-14H,15-19H2,1-7H3,(H,30,33). The van der Waals surface area contributed by atoms with Crippen molar-refractivity contribution in [1.29, 1.82) is 0 Å². The molecule has 35 heavy (non-hydrogen) atoms. The van der Waals surface area contributed by atoms with Gasteiger partial charge in [-0.1, -0.05) is 89.2 Å². The van der Waals surface area contributed by atoms with E-state index in [0.717, 1.165) is 47.4 Å². The van der Waals surface area contributed by atoms with Crippen molar-refractivity contribution in [2.45, 2.75) is 84.2 Å². The first-order valence-electron chi connectivity index (χ1n) is 12.6. The van der Waals surface area contributed by atoms with E-state index in [9.17, 15) is 4.79 Å². The Morgan fingerprint density at radius 3 is 2.26 bits per heavy atom. The lowest BCUT2D eigenvalue weighted by atomic mass is 9.84. The number of nitrogens with zero attached hydrogens (tertiary/aromatic N) is 2. The number of benzene rings is 2. The minimum absolute atomic E-state index is 0.0866. The van der Waals surface area contributed by atoms with E-state index in [4.69, 9.17) is 9.68 Å². The number of rotatable bonds is 3. The predicted molar refractivity (Wildman–Crippen MR) is 141 cm³/mol. The number of oxime groups is 1. The van der Waals surface area contributed by atoms with Gasteiger partial charge in [-0.3, -0.25) is 5.32 Å². The summed E-state index contributed by atoms with van der Waals surface area (Å²) in [7, 11) is 0. The van der Waals surface area contributed by atoms with Gasteiger partial charge in [-0.25, -0.2) is 4.79 Å². The van der Waals surface area contributed by atoms with Crippen LogP contribution < -0.4 is 5.32 Å². The molecule has 4 rings (SSSR count). The van der Waals surface area contributed by atoms with Crippen LogP contribution in [0.25, 0.3) is 0 Å². The maximum absolute atomic E-state index is 12.7. The fourth-order valence-corrected chi connectivity index (χ4v) is 4.79. The Balaban J connectivity index is 1.32. The predicted octanol–water partition coefficient (Wildman–Crippen LogP) is 6.71. The summed E-state index contributed by atoms with van der Waals surface area (Å²) in [6.07, 6.45) is 1.83. The lowest BCUT2D eigenvalue weighted by Crippen LogP contribution is -2.45. The van der Waals surface area contributed by atoms with Gasteiger partial charge in [-0.2, -0.15) is 0 Å². The van der Waals surface area contributed by atoms with Gasteiger partial charge in [-0.05, 0) is 40.0 Å². The second-order valence-electron chi connectivity index (χ2n) is 12.0. The average Bonchev–Trinajstić information content (AvgIpc) is 3.19. The van der Waals surface area contributed by atoms with Crippen molar-refractivity contribution in [2.24, 2.45) is 5.16 Å². The number of hydroxylamine groups is 2. The molecule has 0 saturated carbocycles. The van der Waals surface area contributed by atoms with Crippen LogP contribution in [0.4, 0.5) is 10.5 Å². The summed E-state index contributed by atoms with van der Waals surface area (Å²) < 4.78 is 0. The summed E-state index contributed by atoms with van der Waals surface area (Å²) in [5, 5.41) is 9.15. The van der Waals surface area contributed by atoms with Crippen molar-refractivity contribution < 1.29 is 14.5 Å². The molecule has 6 nitrogen and oxygen atoms in total. The Morgan fingerprint density at radius 2 is 1.66 bits per heavy atom. The molecular weight excluding hydrogens is 438 g/mol. The van der Waals surface area contributed by atoms with Gasteiger partial charge in [0.1, 0.15) is 5.60 Å². The molecule has 0 unspecified atom stereocenters. The molecule has 1 N–H and O–H groups in total. The van der Waals surface area contributed by atoms with E-state index in [0.29, 0.717) is 13.1 Å². The van der Waals surface area contributed by atoms with E-state index in [1.165, 1.54) is 5.56 Å². The molecule has 1 fully saturated rings. The topological polar surface area (TPSA) is 63.2 Å². The third-order valence-corrected chi connectivity index (χ3v) is 7.08. The number of hydrogen-bond donors (Lipinski definition) is 1. The van der Waals surface area contributed by atoms with Crippen LogP contribution in [0.3, 0.4) is 0 Å². The lowest BCUT2D eigenvalue weighted by Gasteiger charge is -2.36. The molecule has 2 aliphatic rings. The molecule has 1 spiro atoms. The SMILES string of the molecule is Cc1cccc(C(C)(C)C)c1NC(=O)ON1CCC2(CC1)CC(c1ccc(C(C)(C)C)cc1)=NO2. The fraction of sp³-hybridized carbons (Fsp3) is 0.517. The number of carbonyl (C=O) groups excluding carboxylic acids is 1. The van der Waals surface area contributed by atoms with Gasteiger partial charge in [0.05, 0.1) is 11.4 Å². The number of para-hydroxylation sites is 1. The zero-order valence-corrected chi connectivity index (χ0v) is 22.2. The third kappa shape index (κ3) is 5.69. The Bertz CT molecular complexity index is 1100. The molecule has 1 saturated heterocycles. The monoisotopic (exact) mass is 477 g/mol. The van der Waals surface area contributed by atoms with Crippen LogP contribution in [0.5, 0.6) is 0 Å². The zero-order chi connectivity index (χ0) is 25.4. The largest absolute Gasteiger partial charge is 0.430 e. The first kappa shape index (κ1) is 25.2. The van der Waals surface area contributed by atoms with Gasteiger partial charge in [0.2, 0.25) is 0 Å². The van der Waals surface area contributed by atoms with E-state index < -0.39 is 6.09 Å². The summed E-state index contributed by atoms with van der Waals surface area (Å²) in [5.74, 6) is 0. The first-order chi connectivity index (χ1) is 16.4. The maximum atomic E-state index is 12.7. The molecule has 1 amide bonds. The molecule has 0 aromatic heterocycles. The highest BCUT2D eigenvalue weighted by atomic mass is 16.7. The van der Waals surface area contributed by atoms with Crippen molar-refractivity contribution in [2.75, 3.05) is 18.4 Å². The summed E-state index contributed by atoms with van der Waals surface area (Å²) >= 11 is 0. The number of piperidine rings is 1. The van der Waals surface area contributed by atoms with Gasteiger partial charge in [-0.15, -0.1) is 5.06 Å². The Morgan fingerprint density at radius 1 is 1.00 bits per heavy atom. The summed E-state index contributed by atoms with van der Waals surface area (Å²) in [6.45, 7) is 16.3. The van der Waals surface area contributed by atoms with Gasteiger partial charge < -0.3 is 9.68 Å². The number of anilines is 1. The fourth-order valence-electron chi connectivity index (χ4n) is 4.79. The highest BCUT2D eigenvalue weighted by Gasteiger charge is 2.43. The second-order valence-corrected chi connectivity index (χ2v) is 12.0. The van der Waals surface area contributed by atoms with Crippen molar-refractivity contribution in [3.8, 4) is 0 Å². The van der Waals surface area contributed by atoms with E-state index >= 15 is 0 Å². The minimum Gasteiger partial charge on any atom is -0.388 e. The van der Waals surface area contributed by atoms with E-state index in [-0.39, 0.29) is 16.4 Å². The normalized spacial score (nSPS) is 18.2. The minimum atomic E-state index is -0.455. The Labute approximate surface area is 209 Å². The van der Waals surface area contributed by atoms with Crippen LogP contribution in [0.1, 0.15) is 83.1 Å². The molecule has 2 aliphatic heterocycles. The van der Waals surface area contributed by atoms with Gasteiger partial charge in [0.15, 0.2) is 0 Å². The molecular formula is C29H39N3O3. The van der Waals surface area contributed by atoms with Crippen LogP contribution in [0.15, 0.2) is 47.6 Å². The van der Waals surface area contributed by atoms with E-state index in [1.54, 1.807) is 5.06 Å². The molecule has 2 heterocycles. The quantitative estimate of drug-likeness (QED) is 0.533. The van der Waals surface area contributed by atoms with E-state index in [2.05, 4.69) is 82.3 Å². The number of amides is 1. The maximum Gasteiger partial charge on any atom is 0.430 e. The average molecular weight is 478 g/mol. The van der Waals surface area contributed by atoms with Crippen molar-refractivity contribution in [1.82, 2.24) is 5.06 Å². The van der Waals surface area contributed by atoms with Crippen LogP contribution in [0.2, 0.25) is 0 Å². The van der Waals surface area contributed by atoms with Crippen LogP contribution >= 0.6 is 0 Å². The third-order valence-electron chi connectivity index (χ3n) is 7.08. The number of carbonyl (C=O) groups is 1. The van der Waals surface area contributed by atoms with E-state index in [1.807, 2.05) is 19.1 Å². The van der Waals surface area contributed by atoms with Crippen LogP contribution in [-0.4, -0.2) is 35.6 Å². The summed E-state index contributed by atoms with van der Waals surface area (Å²) in [6, 6.07) is 14.7. The highest BCUT2D eigenvalue weighted by Crippen LogP contribution is 2.37.